The van der Waals surface area contributed by atoms with Gasteiger partial charge >= 0.3 is 5.97 Å². The maximum Gasteiger partial charge on any atom is 0.337 e. The lowest BCUT2D eigenvalue weighted by atomic mass is 10.0. The van der Waals surface area contributed by atoms with Crippen LogP contribution in [0.2, 0.25) is 0 Å². The molecule has 0 aliphatic carbocycles. The van der Waals surface area contributed by atoms with Crippen molar-refractivity contribution in [1.82, 2.24) is 0 Å². The summed E-state index contributed by atoms with van der Waals surface area (Å²) in [4.78, 5) is 11.3. The molecule has 2 aromatic carbocycles. The SMILES string of the molecule is Cc1cc(C)c(NS(=O)(=O)c2cccc(C#N)c2)c(C(=O)O)c1. The van der Waals surface area contributed by atoms with E-state index in [1.165, 1.54) is 30.3 Å². The summed E-state index contributed by atoms with van der Waals surface area (Å²) in [6, 6.07) is 10.5. The van der Waals surface area contributed by atoms with Crippen molar-refractivity contribution in [2.24, 2.45) is 0 Å². The Morgan fingerprint density at radius 1 is 1.22 bits per heavy atom. The molecule has 2 aromatic rings. The maximum atomic E-state index is 12.5. The van der Waals surface area contributed by atoms with Crippen LogP contribution in [0.4, 0.5) is 5.69 Å². The first-order chi connectivity index (χ1) is 10.7. The smallest absolute Gasteiger partial charge is 0.337 e. The number of benzene rings is 2. The van der Waals surface area contributed by atoms with Gasteiger partial charge in [-0.2, -0.15) is 5.26 Å². The highest BCUT2D eigenvalue weighted by Crippen LogP contribution is 2.26. The van der Waals surface area contributed by atoms with Crippen molar-refractivity contribution in [3.8, 4) is 6.07 Å². The van der Waals surface area contributed by atoms with E-state index < -0.39 is 16.0 Å². The number of aromatic carboxylic acids is 1. The van der Waals surface area contributed by atoms with Crippen molar-refractivity contribution in [3.63, 3.8) is 0 Å². The topological polar surface area (TPSA) is 107 Å². The average Bonchev–Trinajstić information content (AvgIpc) is 2.49. The second-order valence-corrected chi connectivity index (χ2v) is 6.74. The Kier molecular flexibility index (Phi) is 4.38. The monoisotopic (exact) mass is 330 g/mol. The minimum absolute atomic E-state index is 0.0189. The van der Waals surface area contributed by atoms with Crippen molar-refractivity contribution in [1.29, 1.82) is 5.26 Å². The lowest BCUT2D eigenvalue weighted by molar-refractivity contribution is 0.0698. The quantitative estimate of drug-likeness (QED) is 0.896. The highest BCUT2D eigenvalue weighted by Gasteiger charge is 2.21. The van der Waals surface area contributed by atoms with Gasteiger partial charge in [0.15, 0.2) is 0 Å². The summed E-state index contributed by atoms with van der Waals surface area (Å²) in [5.74, 6) is -1.22. The van der Waals surface area contributed by atoms with Crippen LogP contribution in [0.5, 0.6) is 0 Å². The predicted molar refractivity (Wildman–Crippen MR) is 84.8 cm³/mol. The first kappa shape index (κ1) is 16.5. The molecule has 0 bridgehead atoms. The Morgan fingerprint density at radius 3 is 2.52 bits per heavy atom. The molecule has 6 nitrogen and oxygen atoms in total. The second-order valence-electron chi connectivity index (χ2n) is 5.05. The van der Waals surface area contributed by atoms with Crippen LogP contribution in [0.3, 0.4) is 0 Å². The number of nitrogens with one attached hydrogen (secondary N) is 1. The normalized spacial score (nSPS) is 10.8. The molecule has 0 fully saturated rings. The number of nitriles is 1. The molecule has 0 saturated heterocycles. The average molecular weight is 330 g/mol. The molecule has 0 radical (unpaired) electrons. The zero-order valence-electron chi connectivity index (χ0n) is 12.5. The number of carboxylic acid groups (broad SMARTS) is 1. The van der Waals surface area contributed by atoms with E-state index in [0.29, 0.717) is 11.1 Å². The summed E-state index contributed by atoms with van der Waals surface area (Å²) in [5, 5.41) is 18.2. The van der Waals surface area contributed by atoms with E-state index in [1.54, 1.807) is 19.9 Å². The van der Waals surface area contributed by atoms with Crippen LogP contribution in [0.15, 0.2) is 41.3 Å². The summed E-state index contributed by atoms with van der Waals surface area (Å²) < 4.78 is 27.2. The Hall–Kier alpha value is -2.85. The number of rotatable bonds is 4. The fraction of sp³-hybridized carbons (Fsp3) is 0.125. The summed E-state index contributed by atoms with van der Waals surface area (Å²) in [5.41, 5.74) is 1.32. The van der Waals surface area contributed by atoms with Crippen molar-refractivity contribution in [2.45, 2.75) is 18.7 Å². The number of nitrogens with zero attached hydrogens (tertiary/aromatic N) is 1. The Balaban J connectivity index is 2.54. The molecule has 0 spiro atoms. The van der Waals surface area contributed by atoms with E-state index in [2.05, 4.69) is 4.72 Å². The summed E-state index contributed by atoms with van der Waals surface area (Å²) >= 11 is 0. The number of carboxylic acids is 1. The maximum absolute atomic E-state index is 12.5. The molecule has 2 rings (SSSR count). The second kappa shape index (κ2) is 6.10. The van der Waals surface area contributed by atoms with Crippen molar-refractivity contribution >= 4 is 21.7 Å². The van der Waals surface area contributed by atoms with E-state index >= 15 is 0 Å². The van der Waals surface area contributed by atoms with E-state index in [-0.39, 0.29) is 21.7 Å². The first-order valence-electron chi connectivity index (χ1n) is 6.62. The van der Waals surface area contributed by atoms with Crippen LogP contribution < -0.4 is 4.72 Å². The van der Waals surface area contributed by atoms with Gasteiger partial charge in [-0.3, -0.25) is 4.72 Å². The Bertz CT molecular complexity index is 928. The van der Waals surface area contributed by atoms with Gasteiger partial charge in [0.2, 0.25) is 0 Å². The number of anilines is 1. The molecule has 0 amide bonds. The van der Waals surface area contributed by atoms with Crippen LogP contribution in [0.25, 0.3) is 0 Å². The van der Waals surface area contributed by atoms with Gasteiger partial charge in [0.25, 0.3) is 10.0 Å². The fourth-order valence-electron chi connectivity index (χ4n) is 2.20. The van der Waals surface area contributed by atoms with Crippen molar-refractivity contribution in [2.75, 3.05) is 4.72 Å². The number of aryl methyl sites for hydroxylation is 2. The molecule has 0 saturated carbocycles. The molecule has 0 aliphatic rings. The Morgan fingerprint density at radius 2 is 1.91 bits per heavy atom. The molecule has 23 heavy (non-hydrogen) atoms. The molecule has 0 aromatic heterocycles. The zero-order valence-corrected chi connectivity index (χ0v) is 13.3. The van der Waals surface area contributed by atoms with Gasteiger partial charge in [-0.05, 0) is 49.2 Å². The predicted octanol–water partition coefficient (Wildman–Crippen LogP) is 2.67. The van der Waals surface area contributed by atoms with Gasteiger partial charge in [-0.25, -0.2) is 13.2 Å². The standard InChI is InChI=1S/C16H14N2O4S/c1-10-6-11(2)15(14(7-10)16(19)20)18-23(21,22)13-5-3-4-12(8-13)9-17/h3-8,18H,1-2H3,(H,19,20). The summed E-state index contributed by atoms with van der Waals surface area (Å²) in [6.07, 6.45) is 0. The zero-order chi connectivity index (χ0) is 17.2. The van der Waals surface area contributed by atoms with Crippen LogP contribution in [-0.2, 0) is 10.0 Å². The highest BCUT2D eigenvalue weighted by molar-refractivity contribution is 7.92. The van der Waals surface area contributed by atoms with Gasteiger partial charge in [-0.1, -0.05) is 12.1 Å². The summed E-state index contributed by atoms with van der Waals surface area (Å²) in [6.45, 7) is 3.36. The lowest BCUT2D eigenvalue weighted by Gasteiger charge is -2.14. The van der Waals surface area contributed by atoms with Gasteiger partial charge in [0.1, 0.15) is 0 Å². The minimum atomic E-state index is -4.00. The molecule has 118 valence electrons. The van der Waals surface area contributed by atoms with E-state index in [1.807, 2.05) is 6.07 Å². The molecule has 0 heterocycles. The minimum Gasteiger partial charge on any atom is -0.478 e. The number of sulfonamides is 1. The van der Waals surface area contributed by atoms with Crippen molar-refractivity contribution in [3.05, 3.63) is 58.7 Å². The largest absolute Gasteiger partial charge is 0.478 e. The van der Waals surface area contributed by atoms with Crippen LogP contribution >= 0.6 is 0 Å². The third-order valence-electron chi connectivity index (χ3n) is 3.22. The number of carbonyl (C=O) groups is 1. The van der Waals surface area contributed by atoms with Gasteiger partial charge < -0.3 is 5.11 Å². The van der Waals surface area contributed by atoms with E-state index in [4.69, 9.17) is 5.26 Å². The molecular formula is C16H14N2O4S. The van der Waals surface area contributed by atoms with Crippen LogP contribution in [0.1, 0.15) is 27.0 Å². The van der Waals surface area contributed by atoms with Gasteiger partial charge in [0, 0.05) is 0 Å². The summed E-state index contributed by atoms with van der Waals surface area (Å²) in [7, 11) is -4.00. The lowest BCUT2D eigenvalue weighted by Crippen LogP contribution is -2.17. The number of hydrogen-bond acceptors (Lipinski definition) is 4. The van der Waals surface area contributed by atoms with E-state index in [0.717, 1.165) is 0 Å². The number of hydrogen-bond donors (Lipinski definition) is 2. The van der Waals surface area contributed by atoms with Gasteiger partial charge in [-0.15, -0.1) is 0 Å². The molecule has 2 N–H and O–H groups in total. The molecule has 0 aliphatic heterocycles. The molecule has 7 heteroatoms. The molecular weight excluding hydrogens is 316 g/mol. The van der Waals surface area contributed by atoms with Crippen LogP contribution in [0, 0.1) is 25.2 Å². The first-order valence-corrected chi connectivity index (χ1v) is 8.10. The van der Waals surface area contributed by atoms with E-state index in [9.17, 15) is 18.3 Å². The van der Waals surface area contributed by atoms with Crippen LogP contribution in [-0.4, -0.2) is 19.5 Å². The van der Waals surface area contributed by atoms with Crippen molar-refractivity contribution < 1.29 is 18.3 Å². The fourth-order valence-corrected chi connectivity index (χ4v) is 3.40. The Labute approximate surface area is 134 Å². The highest BCUT2D eigenvalue weighted by atomic mass is 32.2. The molecule has 0 atom stereocenters. The molecule has 0 unspecified atom stereocenters. The third kappa shape index (κ3) is 3.49. The third-order valence-corrected chi connectivity index (χ3v) is 4.57. The van der Waals surface area contributed by atoms with Gasteiger partial charge in [0.05, 0.1) is 27.8 Å².